The minimum Gasteiger partial charge on any atom is -0.480 e. The van der Waals surface area contributed by atoms with Crippen molar-refractivity contribution >= 4 is 34.6 Å². The number of pyridine rings is 1. The zero-order valence-electron chi connectivity index (χ0n) is 12.9. The number of aromatic nitrogens is 2. The lowest BCUT2D eigenvalue weighted by atomic mass is 10.2. The van der Waals surface area contributed by atoms with Gasteiger partial charge in [-0.25, -0.2) is 4.98 Å². The quantitative estimate of drug-likeness (QED) is 0.404. The van der Waals surface area contributed by atoms with Crippen LogP contribution in [0, 0.1) is 10.1 Å². The van der Waals surface area contributed by atoms with Gasteiger partial charge in [0.05, 0.1) is 11.1 Å². The fourth-order valence-electron chi connectivity index (χ4n) is 2.45. The molecule has 0 saturated heterocycles. The molecular weight excluding hydrogens is 326 g/mol. The third-order valence-electron chi connectivity index (χ3n) is 3.48. The van der Waals surface area contributed by atoms with E-state index in [9.17, 15) is 14.9 Å². The van der Waals surface area contributed by atoms with E-state index < -0.39 is 10.9 Å². The Labute approximate surface area is 141 Å². The number of benzene rings is 1. The zero-order valence-corrected chi connectivity index (χ0v) is 12.9. The first-order chi connectivity index (χ1) is 12.1. The van der Waals surface area contributed by atoms with Gasteiger partial charge in [0.2, 0.25) is 5.82 Å². The Kier molecular flexibility index (Phi) is 4.38. The Balaban J connectivity index is 1.90. The first-order valence-electron chi connectivity index (χ1n) is 7.24. The van der Waals surface area contributed by atoms with Crippen LogP contribution in [0.5, 0.6) is 0 Å². The molecule has 2 aromatic heterocycles. The van der Waals surface area contributed by atoms with Crippen molar-refractivity contribution in [2.45, 2.75) is 6.54 Å². The molecule has 9 nitrogen and oxygen atoms in total. The van der Waals surface area contributed by atoms with Crippen LogP contribution in [0.4, 0.5) is 11.5 Å². The second-order valence-electron chi connectivity index (χ2n) is 5.12. The molecule has 0 spiro atoms. The number of aliphatic carboxylic acids is 1. The number of carbonyl (C=O) groups is 1. The SMILES string of the molecule is O=C(O)Cn1cc(/C=N\Nc2ncccc2[N+](=O)[O-])c2ccccc21. The Morgan fingerprint density at radius 3 is 2.92 bits per heavy atom. The summed E-state index contributed by atoms with van der Waals surface area (Å²) in [7, 11) is 0. The number of hydrogen-bond donors (Lipinski definition) is 2. The maximum absolute atomic E-state index is 11.0. The summed E-state index contributed by atoms with van der Waals surface area (Å²) >= 11 is 0. The van der Waals surface area contributed by atoms with Crippen molar-refractivity contribution in [1.82, 2.24) is 9.55 Å². The van der Waals surface area contributed by atoms with Gasteiger partial charge in [-0.2, -0.15) is 5.10 Å². The predicted molar refractivity (Wildman–Crippen MR) is 91.7 cm³/mol. The first-order valence-corrected chi connectivity index (χ1v) is 7.24. The standard InChI is InChI=1S/C16H13N5O4/c22-15(23)10-20-9-11(12-4-1-2-5-13(12)20)8-18-19-16-14(21(24)25)6-3-7-17-16/h1-9H,10H2,(H,17,19)(H,22,23)/b18-8-. The van der Waals surface area contributed by atoms with Crippen molar-refractivity contribution in [2.24, 2.45) is 5.10 Å². The number of rotatable bonds is 6. The molecule has 2 N–H and O–H groups in total. The molecule has 0 aliphatic heterocycles. The van der Waals surface area contributed by atoms with E-state index in [4.69, 9.17) is 5.11 Å². The number of carboxylic acids is 1. The molecule has 0 amide bonds. The molecule has 3 aromatic rings. The molecule has 0 bridgehead atoms. The van der Waals surface area contributed by atoms with Gasteiger partial charge in [0.1, 0.15) is 6.54 Å². The molecule has 0 saturated carbocycles. The van der Waals surface area contributed by atoms with Gasteiger partial charge in [-0.15, -0.1) is 0 Å². The molecule has 2 heterocycles. The van der Waals surface area contributed by atoms with E-state index in [2.05, 4.69) is 15.5 Å². The van der Waals surface area contributed by atoms with Crippen molar-refractivity contribution in [3.63, 3.8) is 0 Å². The van der Waals surface area contributed by atoms with Gasteiger partial charge in [-0.05, 0) is 12.1 Å². The Morgan fingerprint density at radius 2 is 2.16 bits per heavy atom. The number of hydrazone groups is 1. The molecule has 0 aliphatic rings. The molecule has 25 heavy (non-hydrogen) atoms. The normalized spacial score (nSPS) is 11.0. The summed E-state index contributed by atoms with van der Waals surface area (Å²) in [5, 5.41) is 24.8. The van der Waals surface area contributed by atoms with Gasteiger partial charge >= 0.3 is 11.7 Å². The van der Waals surface area contributed by atoms with Gasteiger partial charge in [0, 0.05) is 34.9 Å². The number of nitrogens with one attached hydrogen (secondary N) is 1. The number of anilines is 1. The summed E-state index contributed by atoms with van der Waals surface area (Å²) in [6.45, 7) is -0.173. The van der Waals surface area contributed by atoms with E-state index in [0.717, 1.165) is 10.9 Å². The summed E-state index contributed by atoms with van der Waals surface area (Å²) in [6.07, 6.45) is 4.56. The van der Waals surface area contributed by atoms with Gasteiger partial charge < -0.3 is 9.67 Å². The highest BCUT2D eigenvalue weighted by molar-refractivity contribution is 6.00. The highest BCUT2D eigenvalue weighted by Gasteiger charge is 2.13. The Bertz CT molecular complexity index is 980. The molecule has 0 unspecified atom stereocenters. The number of fused-ring (bicyclic) bond motifs is 1. The smallest absolute Gasteiger partial charge is 0.323 e. The maximum atomic E-state index is 11.0. The molecule has 0 radical (unpaired) electrons. The van der Waals surface area contributed by atoms with Gasteiger partial charge in [0.25, 0.3) is 0 Å². The summed E-state index contributed by atoms with van der Waals surface area (Å²) in [4.78, 5) is 25.3. The van der Waals surface area contributed by atoms with Crippen molar-refractivity contribution in [3.8, 4) is 0 Å². The highest BCUT2D eigenvalue weighted by atomic mass is 16.6. The van der Waals surface area contributed by atoms with Crippen LogP contribution in [-0.2, 0) is 11.3 Å². The van der Waals surface area contributed by atoms with Crippen LogP contribution < -0.4 is 5.43 Å². The first kappa shape index (κ1) is 16.1. The fraction of sp³-hybridized carbons (Fsp3) is 0.0625. The van der Waals surface area contributed by atoms with E-state index in [0.29, 0.717) is 5.56 Å². The lowest BCUT2D eigenvalue weighted by molar-refractivity contribution is -0.384. The second-order valence-corrected chi connectivity index (χ2v) is 5.12. The van der Waals surface area contributed by atoms with Crippen LogP contribution in [0.1, 0.15) is 5.56 Å². The van der Waals surface area contributed by atoms with Crippen LogP contribution in [-0.4, -0.2) is 31.8 Å². The number of nitro groups is 1. The number of hydrogen-bond acceptors (Lipinski definition) is 6. The van der Waals surface area contributed by atoms with E-state index in [1.165, 1.54) is 24.5 Å². The van der Waals surface area contributed by atoms with Crippen LogP contribution >= 0.6 is 0 Å². The molecule has 0 fully saturated rings. The molecule has 9 heteroatoms. The minimum absolute atomic E-state index is 0.0259. The van der Waals surface area contributed by atoms with Crippen LogP contribution in [0.15, 0.2) is 53.9 Å². The van der Waals surface area contributed by atoms with Gasteiger partial charge in [-0.1, -0.05) is 18.2 Å². The van der Waals surface area contributed by atoms with Crippen molar-refractivity contribution < 1.29 is 14.8 Å². The summed E-state index contributed by atoms with van der Waals surface area (Å²) in [6, 6.07) is 10.1. The van der Waals surface area contributed by atoms with Crippen LogP contribution in [0.3, 0.4) is 0 Å². The monoisotopic (exact) mass is 339 g/mol. The van der Waals surface area contributed by atoms with Gasteiger partial charge in [0.15, 0.2) is 0 Å². The number of para-hydroxylation sites is 1. The second kappa shape index (κ2) is 6.79. The summed E-state index contributed by atoms with van der Waals surface area (Å²) < 4.78 is 1.60. The average molecular weight is 339 g/mol. The maximum Gasteiger partial charge on any atom is 0.323 e. The van der Waals surface area contributed by atoms with Crippen molar-refractivity contribution in [2.75, 3.05) is 5.43 Å². The minimum atomic E-state index is -0.952. The van der Waals surface area contributed by atoms with Crippen molar-refractivity contribution in [1.29, 1.82) is 0 Å². The Hall–Kier alpha value is -3.75. The number of carboxylic acid groups (broad SMARTS) is 1. The molecular formula is C16H13N5O4. The Morgan fingerprint density at radius 1 is 1.36 bits per heavy atom. The third-order valence-corrected chi connectivity index (χ3v) is 3.48. The van der Waals surface area contributed by atoms with Gasteiger partial charge in [-0.3, -0.25) is 20.3 Å². The largest absolute Gasteiger partial charge is 0.480 e. The molecule has 0 aliphatic carbocycles. The van der Waals surface area contributed by atoms with E-state index in [1.54, 1.807) is 10.8 Å². The zero-order chi connectivity index (χ0) is 17.8. The molecule has 0 atom stereocenters. The lowest BCUT2D eigenvalue weighted by Crippen LogP contribution is -2.07. The fourth-order valence-corrected chi connectivity index (χ4v) is 2.45. The van der Waals surface area contributed by atoms with Crippen molar-refractivity contribution in [3.05, 3.63) is 64.5 Å². The topological polar surface area (TPSA) is 123 Å². The van der Waals surface area contributed by atoms with Crippen LogP contribution in [0.25, 0.3) is 10.9 Å². The van der Waals surface area contributed by atoms with E-state index in [-0.39, 0.29) is 18.1 Å². The summed E-state index contributed by atoms with van der Waals surface area (Å²) in [5.41, 5.74) is 3.80. The number of nitrogens with zero attached hydrogens (tertiary/aromatic N) is 4. The third kappa shape index (κ3) is 3.44. The van der Waals surface area contributed by atoms with Crippen LogP contribution in [0.2, 0.25) is 0 Å². The molecule has 3 rings (SSSR count). The molecule has 126 valence electrons. The lowest BCUT2D eigenvalue weighted by Gasteiger charge is -1.99. The van der Waals surface area contributed by atoms with E-state index in [1.807, 2.05) is 24.3 Å². The van der Waals surface area contributed by atoms with E-state index >= 15 is 0 Å². The predicted octanol–water partition coefficient (Wildman–Crippen LogP) is 2.48. The highest BCUT2D eigenvalue weighted by Crippen LogP contribution is 2.22. The summed E-state index contributed by atoms with van der Waals surface area (Å²) in [5.74, 6) is -0.926. The molecule has 1 aromatic carbocycles. The average Bonchev–Trinajstić information content (AvgIpc) is 2.93.